The zero-order chi connectivity index (χ0) is 21.6. The first-order valence-electron chi connectivity index (χ1n) is 10.6. The number of fused-ring (bicyclic) bond motifs is 1. The molecule has 4 rings (SSSR count). The average molecular weight is 415 g/mol. The molecule has 0 unspecified atom stereocenters. The minimum absolute atomic E-state index is 0.190. The molecule has 1 aliphatic carbocycles. The average Bonchev–Trinajstić information content (AvgIpc) is 3.26. The predicted octanol–water partition coefficient (Wildman–Crippen LogP) is 4.51. The Morgan fingerprint density at radius 2 is 1.74 bits per heavy atom. The van der Waals surface area contributed by atoms with E-state index in [0.29, 0.717) is 17.9 Å². The maximum atomic E-state index is 12.6. The van der Waals surface area contributed by atoms with Gasteiger partial charge >= 0.3 is 0 Å². The maximum Gasteiger partial charge on any atom is 0.265 e. The Labute approximate surface area is 182 Å². The van der Waals surface area contributed by atoms with Crippen LogP contribution in [-0.2, 0) is 24.2 Å². The van der Waals surface area contributed by atoms with Crippen molar-refractivity contribution in [1.82, 2.24) is 5.32 Å². The molecule has 0 fully saturated rings. The Balaban J connectivity index is 1.34. The lowest BCUT2D eigenvalue weighted by Gasteiger charge is -2.16. The smallest absolute Gasteiger partial charge is 0.265 e. The largest absolute Gasteiger partial charge is 0.481 e. The van der Waals surface area contributed by atoms with Gasteiger partial charge in [-0.25, -0.2) is 0 Å². The summed E-state index contributed by atoms with van der Waals surface area (Å²) in [6.07, 6.45) is 2.64. The molecule has 2 N–H and O–H groups in total. The van der Waals surface area contributed by atoms with E-state index in [1.54, 1.807) is 31.2 Å². The highest BCUT2D eigenvalue weighted by Crippen LogP contribution is 2.25. The fourth-order valence-electron chi connectivity index (χ4n) is 3.74. The Kier molecular flexibility index (Phi) is 6.32. The highest BCUT2D eigenvalue weighted by molar-refractivity contribution is 5.95. The van der Waals surface area contributed by atoms with E-state index in [0.717, 1.165) is 24.1 Å². The first-order chi connectivity index (χ1) is 15.1. The van der Waals surface area contributed by atoms with E-state index in [9.17, 15) is 9.59 Å². The summed E-state index contributed by atoms with van der Waals surface area (Å²) in [6, 6.07) is 22.7. The van der Waals surface area contributed by atoms with E-state index in [2.05, 4.69) is 16.7 Å². The number of hydrogen-bond acceptors (Lipinski definition) is 3. The summed E-state index contributed by atoms with van der Waals surface area (Å²) >= 11 is 0. The van der Waals surface area contributed by atoms with Crippen LogP contribution in [0.2, 0.25) is 0 Å². The number of carbonyl (C=O) groups excluding carboxylic acids is 2. The van der Waals surface area contributed by atoms with Crippen molar-refractivity contribution in [3.05, 3.63) is 95.1 Å². The molecule has 31 heavy (non-hydrogen) atoms. The molecule has 0 heterocycles. The number of amides is 2. The monoisotopic (exact) mass is 414 g/mol. The van der Waals surface area contributed by atoms with Crippen LogP contribution >= 0.6 is 0 Å². The van der Waals surface area contributed by atoms with Crippen LogP contribution in [0.3, 0.4) is 0 Å². The van der Waals surface area contributed by atoms with Crippen molar-refractivity contribution in [3.63, 3.8) is 0 Å². The van der Waals surface area contributed by atoms with Gasteiger partial charge in [-0.05, 0) is 73.2 Å². The summed E-state index contributed by atoms with van der Waals surface area (Å²) in [5.74, 6) is 0.0605. The van der Waals surface area contributed by atoms with E-state index >= 15 is 0 Å². The van der Waals surface area contributed by atoms with Crippen molar-refractivity contribution in [3.8, 4) is 5.75 Å². The van der Waals surface area contributed by atoms with E-state index in [-0.39, 0.29) is 11.8 Å². The lowest BCUT2D eigenvalue weighted by Crippen LogP contribution is -2.30. The molecule has 5 heteroatoms. The van der Waals surface area contributed by atoms with Crippen molar-refractivity contribution in [2.75, 3.05) is 5.32 Å². The Morgan fingerprint density at radius 3 is 2.58 bits per heavy atom. The molecule has 0 spiro atoms. The quantitative estimate of drug-likeness (QED) is 0.598. The van der Waals surface area contributed by atoms with E-state index < -0.39 is 6.10 Å². The molecule has 2 amide bonds. The fourth-order valence-corrected chi connectivity index (χ4v) is 3.74. The minimum atomic E-state index is -0.698. The zero-order valence-corrected chi connectivity index (χ0v) is 17.6. The molecule has 0 saturated carbocycles. The fraction of sp³-hybridized carbons (Fsp3) is 0.231. The molecule has 3 aromatic rings. The second kappa shape index (κ2) is 9.47. The molecule has 0 bridgehead atoms. The predicted molar refractivity (Wildman–Crippen MR) is 121 cm³/mol. The minimum Gasteiger partial charge on any atom is -0.481 e. The van der Waals surface area contributed by atoms with Crippen LogP contribution in [0.4, 0.5) is 5.69 Å². The number of ether oxygens (including phenoxy) is 1. The van der Waals surface area contributed by atoms with Gasteiger partial charge in [0, 0.05) is 17.8 Å². The lowest BCUT2D eigenvalue weighted by molar-refractivity contribution is -0.122. The van der Waals surface area contributed by atoms with Crippen molar-refractivity contribution in [2.45, 2.75) is 38.8 Å². The molecule has 1 aliphatic rings. The van der Waals surface area contributed by atoms with Gasteiger partial charge in [0.2, 0.25) is 0 Å². The van der Waals surface area contributed by atoms with Gasteiger partial charge in [-0.1, -0.05) is 42.5 Å². The molecule has 3 aromatic carbocycles. The third-order valence-corrected chi connectivity index (χ3v) is 5.44. The highest BCUT2D eigenvalue weighted by atomic mass is 16.5. The van der Waals surface area contributed by atoms with Crippen LogP contribution < -0.4 is 15.4 Å². The van der Waals surface area contributed by atoms with Gasteiger partial charge < -0.3 is 15.4 Å². The van der Waals surface area contributed by atoms with Gasteiger partial charge in [-0.3, -0.25) is 9.59 Å². The number of rotatable bonds is 7. The number of benzene rings is 3. The van der Waals surface area contributed by atoms with E-state index in [4.69, 9.17) is 4.74 Å². The van der Waals surface area contributed by atoms with Gasteiger partial charge in [0.1, 0.15) is 5.75 Å². The van der Waals surface area contributed by atoms with Crippen LogP contribution in [-0.4, -0.2) is 17.9 Å². The molecule has 5 nitrogen and oxygen atoms in total. The number of aryl methyl sites for hydroxylation is 2. The molecular weight excluding hydrogens is 388 g/mol. The molecular formula is C26H26N2O3. The van der Waals surface area contributed by atoms with Crippen molar-refractivity contribution in [1.29, 1.82) is 0 Å². The summed E-state index contributed by atoms with van der Waals surface area (Å²) in [6.45, 7) is 2.15. The molecule has 0 saturated heterocycles. The van der Waals surface area contributed by atoms with Crippen molar-refractivity contribution < 1.29 is 14.3 Å². The van der Waals surface area contributed by atoms with Gasteiger partial charge in [-0.15, -0.1) is 0 Å². The summed E-state index contributed by atoms with van der Waals surface area (Å²) < 4.78 is 5.80. The molecule has 0 aliphatic heterocycles. The normalized spacial score (nSPS) is 13.2. The van der Waals surface area contributed by atoms with Crippen LogP contribution in [0.1, 0.15) is 40.4 Å². The number of hydrogen-bond donors (Lipinski definition) is 2. The number of anilines is 1. The Hall–Kier alpha value is -3.60. The Bertz CT molecular complexity index is 1080. The first kappa shape index (κ1) is 20.7. The molecule has 1 atom stereocenters. The van der Waals surface area contributed by atoms with Crippen LogP contribution in [0, 0.1) is 0 Å². The van der Waals surface area contributed by atoms with Crippen molar-refractivity contribution >= 4 is 17.5 Å². The molecule has 0 radical (unpaired) electrons. The highest BCUT2D eigenvalue weighted by Gasteiger charge is 2.17. The van der Waals surface area contributed by atoms with Gasteiger partial charge in [0.25, 0.3) is 11.8 Å². The Morgan fingerprint density at radius 1 is 0.935 bits per heavy atom. The van der Waals surface area contributed by atoms with Gasteiger partial charge in [-0.2, -0.15) is 0 Å². The zero-order valence-electron chi connectivity index (χ0n) is 17.6. The summed E-state index contributed by atoms with van der Waals surface area (Å²) in [7, 11) is 0. The third-order valence-electron chi connectivity index (χ3n) is 5.44. The van der Waals surface area contributed by atoms with Crippen LogP contribution in [0.15, 0.2) is 72.8 Å². The number of nitrogens with one attached hydrogen (secondary N) is 2. The third kappa shape index (κ3) is 5.31. The maximum absolute atomic E-state index is 12.6. The van der Waals surface area contributed by atoms with E-state index in [1.165, 1.54) is 17.5 Å². The van der Waals surface area contributed by atoms with Gasteiger partial charge in [0.05, 0.1) is 0 Å². The van der Waals surface area contributed by atoms with Crippen molar-refractivity contribution in [2.24, 2.45) is 0 Å². The number of carbonyl (C=O) groups is 2. The lowest BCUT2D eigenvalue weighted by atomic mass is 10.1. The standard InChI is InChI=1S/C26H26N2O3/c1-18(25(29)28-23-14-13-20-9-5-10-21(20)15-23)31-24-12-6-11-22(16-24)26(30)27-17-19-7-3-2-4-8-19/h2-4,6-8,11-16,18H,5,9-10,17H2,1H3,(H,27,30)(H,28,29)/t18-/m0/s1. The topological polar surface area (TPSA) is 67.4 Å². The summed E-state index contributed by atoms with van der Waals surface area (Å²) in [4.78, 5) is 25.1. The summed E-state index contributed by atoms with van der Waals surface area (Å²) in [5.41, 5.74) is 4.97. The first-order valence-corrected chi connectivity index (χ1v) is 10.6. The second-order valence-corrected chi connectivity index (χ2v) is 7.78. The second-order valence-electron chi connectivity index (χ2n) is 7.78. The van der Waals surface area contributed by atoms with E-state index in [1.807, 2.05) is 42.5 Å². The summed E-state index contributed by atoms with van der Waals surface area (Å²) in [5, 5.41) is 5.82. The van der Waals surface area contributed by atoms with Crippen LogP contribution in [0.5, 0.6) is 5.75 Å². The SMILES string of the molecule is C[C@H](Oc1cccc(C(=O)NCc2ccccc2)c1)C(=O)Nc1ccc2c(c1)CCC2. The molecule has 158 valence electrons. The molecule has 0 aromatic heterocycles. The van der Waals surface area contributed by atoms with Crippen LogP contribution in [0.25, 0.3) is 0 Å². The van der Waals surface area contributed by atoms with Gasteiger partial charge in [0.15, 0.2) is 6.10 Å².